The summed E-state index contributed by atoms with van der Waals surface area (Å²) in [6.07, 6.45) is 5.08. The highest BCUT2D eigenvalue weighted by Crippen LogP contribution is 2.32. The van der Waals surface area contributed by atoms with Gasteiger partial charge in [0, 0.05) is 32.8 Å². The largest absolute Gasteiger partial charge is 0.381 e. The van der Waals surface area contributed by atoms with Crippen molar-refractivity contribution in [3.05, 3.63) is 33.8 Å². The highest BCUT2D eigenvalue weighted by Gasteiger charge is 2.48. The number of fused-ring (bicyclic) bond motifs is 1. The van der Waals surface area contributed by atoms with Gasteiger partial charge in [0.15, 0.2) is 0 Å². The van der Waals surface area contributed by atoms with Gasteiger partial charge in [-0.3, -0.25) is 14.6 Å². The first-order valence-electron chi connectivity index (χ1n) is 12.5. The average Bonchev–Trinajstić information content (AvgIpc) is 3.37. The minimum Gasteiger partial charge on any atom is -0.381 e. The quantitative estimate of drug-likeness (QED) is 0.626. The third-order valence-electron chi connectivity index (χ3n) is 7.93. The number of carbonyl (C=O) groups excluding carboxylic acids is 1. The third kappa shape index (κ3) is 5.36. The van der Waals surface area contributed by atoms with E-state index in [1.807, 2.05) is 12.1 Å². The van der Waals surface area contributed by atoms with Crippen LogP contribution in [0.15, 0.2) is 18.2 Å². The van der Waals surface area contributed by atoms with E-state index in [9.17, 15) is 4.79 Å². The first kappa shape index (κ1) is 23.8. The first-order chi connectivity index (χ1) is 16.1. The Balaban J connectivity index is 1.36. The lowest BCUT2D eigenvalue weighted by molar-refractivity contribution is -0.153. The van der Waals surface area contributed by atoms with Gasteiger partial charge in [-0.25, -0.2) is 0 Å². The molecule has 0 bridgehead atoms. The van der Waals surface area contributed by atoms with Crippen LogP contribution in [0.25, 0.3) is 0 Å². The average molecular weight is 496 g/mol. The van der Waals surface area contributed by atoms with E-state index in [4.69, 9.17) is 32.7 Å². The van der Waals surface area contributed by atoms with Crippen molar-refractivity contribution in [3.63, 3.8) is 0 Å². The number of rotatable bonds is 5. The zero-order valence-electron chi connectivity index (χ0n) is 19.3. The predicted octanol–water partition coefficient (Wildman–Crippen LogP) is 3.34. The van der Waals surface area contributed by atoms with Crippen LogP contribution in [-0.4, -0.2) is 97.9 Å². The number of piperazine rings is 1. The molecule has 8 heteroatoms. The Bertz CT molecular complexity index is 829. The summed E-state index contributed by atoms with van der Waals surface area (Å²) in [5, 5.41) is 1.02. The Hall–Kier alpha value is -0.890. The molecule has 0 saturated carbocycles. The number of hydrogen-bond donors (Lipinski definition) is 0. The van der Waals surface area contributed by atoms with Gasteiger partial charge in [0.25, 0.3) is 0 Å². The number of nitrogens with zero attached hydrogens (tertiary/aromatic N) is 3. The van der Waals surface area contributed by atoms with Crippen molar-refractivity contribution in [1.82, 2.24) is 14.7 Å². The van der Waals surface area contributed by atoms with Crippen molar-refractivity contribution in [3.8, 4) is 0 Å². The fourth-order valence-electron chi connectivity index (χ4n) is 6.15. The molecule has 33 heavy (non-hydrogen) atoms. The predicted molar refractivity (Wildman–Crippen MR) is 130 cm³/mol. The molecule has 4 heterocycles. The van der Waals surface area contributed by atoms with Gasteiger partial charge in [-0.15, -0.1) is 0 Å². The van der Waals surface area contributed by atoms with Crippen molar-refractivity contribution >= 4 is 29.1 Å². The number of likely N-dealkylation sites (tertiary alicyclic amines) is 1. The number of amides is 1. The fraction of sp³-hybridized carbons (Fsp3) is 0.720. The Morgan fingerprint density at radius 3 is 2.45 bits per heavy atom. The number of ether oxygens (including phenoxy) is 2. The van der Waals surface area contributed by atoms with E-state index < -0.39 is 0 Å². The minimum absolute atomic E-state index is 0.167. The van der Waals surface area contributed by atoms with E-state index in [1.54, 1.807) is 6.07 Å². The molecule has 6 nitrogen and oxygen atoms in total. The van der Waals surface area contributed by atoms with Gasteiger partial charge in [0.05, 0.1) is 47.8 Å². The van der Waals surface area contributed by atoms with Gasteiger partial charge < -0.3 is 14.4 Å². The molecule has 1 aromatic carbocycles. The van der Waals surface area contributed by atoms with Gasteiger partial charge in [-0.05, 0) is 62.4 Å². The summed E-state index contributed by atoms with van der Waals surface area (Å²) in [5.74, 6) is 0.852. The Morgan fingerprint density at radius 2 is 1.70 bits per heavy atom. The Kier molecular flexibility index (Phi) is 7.80. The second-order valence-corrected chi connectivity index (χ2v) is 10.8. The highest BCUT2D eigenvalue weighted by atomic mass is 35.5. The van der Waals surface area contributed by atoms with Gasteiger partial charge in [-0.2, -0.15) is 0 Å². The normalized spacial score (nSPS) is 29.9. The van der Waals surface area contributed by atoms with E-state index >= 15 is 0 Å². The smallest absolute Gasteiger partial charge is 0.227 e. The molecule has 5 rings (SSSR count). The molecule has 0 radical (unpaired) electrons. The summed E-state index contributed by atoms with van der Waals surface area (Å²) in [6, 6.07) is 6.19. The summed E-state index contributed by atoms with van der Waals surface area (Å²) in [7, 11) is 0. The maximum atomic E-state index is 13.6. The third-order valence-corrected chi connectivity index (χ3v) is 8.66. The zero-order chi connectivity index (χ0) is 22.8. The monoisotopic (exact) mass is 495 g/mol. The summed E-state index contributed by atoms with van der Waals surface area (Å²) in [4.78, 5) is 21.0. The van der Waals surface area contributed by atoms with Crippen LogP contribution in [0.2, 0.25) is 10.0 Å². The van der Waals surface area contributed by atoms with Gasteiger partial charge >= 0.3 is 0 Å². The lowest BCUT2D eigenvalue weighted by Gasteiger charge is -2.55. The van der Waals surface area contributed by atoms with Crippen LogP contribution in [0.3, 0.4) is 0 Å². The van der Waals surface area contributed by atoms with E-state index in [2.05, 4.69) is 14.7 Å². The Labute approximate surface area is 207 Å². The van der Waals surface area contributed by atoms with Crippen molar-refractivity contribution < 1.29 is 14.3 Å². The second kappa shape index (κ2) is 10.8. The lowest BCUT2D eigenvalue weighted by atomic mass is 9.89. The molecule has 0 aromatic heterocycles. The molecule has 1 amide bonds. The van der Waals surface area contributed by atoms with Gasteiger partial charge in [0.1, 0.15) is 0 Å². The van der Waals surface area contributed by atoms with Gasteiger partial charge in [0.2, 0.25) is 5.91 Å². The SMILES string of the molecule is O=C(Cc1ccc(Cl)c(Cl)c1)N1CCN(CC2CCOCC2)C2COCC(N3CCCC3)[C@H]21. The number of benzene rings is 1. The maximum absolute atomic E-state index is 13.6. The van der Waals surface area contributed by atoms with Crippen LogP contribution < -0.4 is 0 Å². The standard InChI is InChI=1S/C25H35Cl2N3O3/c26-20-4-3-19(13-21(20)27)14-24(31)30-10-9-29(15-18-5-11-32-12-6-18)23-17-33-16-22(25(23)30)28-7-1-2-8-28/h3-4,13,18,22-23,25H,1-2,5-12,14-17H2/t22?,23?,25-/m1/s1. The molecule has 4 fully saturated rings. The molecular weight excluding hydrogens is 461 g/mol. The summed E-state index contributed by atoms with van der Waals surface area (Å²) >= 11 is 12.3. The molecule has 182 valence electrons. The van der Waals surface area contributed by atoms with Crippen molar-refractivity contribution in [2.75, 3.05) is 59.2 Å². The van der Waals surface area contributed by atoms with Gasteiger partial charge in [-0.1, -0.05) is 29.3 Å². The van der Waals surface area contributed by atoms with Crippen LogP contribution in [-0.2, 0) is 20.7 Å². The molecule has 4 aliphatic heterocycles. The molecule has 1 aromatic rings. The van der Waals surface area contributed by atoms with E-state index in [-0.39, 0.29) is 24.0 Å². The van der Waals surface area contributed by atoms with Crippen LogP contribution in [0.1, 0.15) is 31.2 Å². The van der Waals surface area contributed by atoms with Crippen LogP contribution in [0, 0.1) is 5.92 Å². The second-order valence-electron chi connectivity index (χ2n) is 9.97. The molecule has 0 spiro atoms. The van der Waals surface area contributed by atoms with Crippen molar-refractivity contribution in [2.24, 2.45) is 5.92 Å². The molecule has 3 atom stereocenters. The maximum Gasteiger partial charge on any atom is 0.227 e. The Morgan fingerprint density at radius 1 is 0.939 bits per heavy atom. The van der Waals surface area contributed by atoms with E-state index in [1.165, 1.54) is 12.8 Å². The number of halogens is 2. The lowest BCUT2D eigenvalue weighted by Crippen LogP contribution is -2.71. The molecule has 0 aliphatic carbocycles. The fourth-order valence-corrected chi connectivity index (χ4v) is 6.47. The number of hydrogen-bond acceptors (Lipinski definition) is 5. The topological polar surface area (TPSA) is 45.3 Å². The number of carbonyl (C=O) groups is 1. The molecule has 4 aliphatic rings. The van der Waals surface area contributed by atoms with Crippen molar-refractivity contribution in [1.29, 1.82) is 0 Å². The molecule has 2 unspecified atom stereocenters. The first-order valence-corrected chi connectivity index (χ1v) is 13.2. The van der Waals surface area contributed by atoms with Crippen LogP contribution >= 0.6 is 23.2 Å². The summed E-state index contributed by atoms with van der Waals surface area (Å²) in [5.41, 5.74) is 0.917. The van der Waals surface area contributed by atoms with Crippen LogP contribution in [0.4, 0.5) is 0 Å². The molecule has 0 N–H and O–H groups in total. The zero-order valence-corrected chi connectivity index (χ0v) is 20.8. The minimum atomic E-state index is 0.167. The van der Waals surface area contributed by atoms with Crippen molar-refractivity contribution in [2.45, 2.75) is 50.2 Å². The molecule has 4 saturated heterocycles. The highest BCUT2D eigenvalue weighted by molar-refractivity contribution is 6.42. The van der Waals surface area contributed by atoms with E-state index in [0.717, 1.165) is 64.3 Å². The van der Waals surface area contributed by atoms with Crippen LogP contribution in [0.5, 0.6) is 0 Å². The van der Waals surface area contributed by atoms with E-state index in [0.29, 0.717) is 35.6 Å². The summed E-state index contributed by atoms with van der Waals surface area (Å²) < 4.78 is 11.8. The summed E-state index contributed by atoms with van der Waals surface area (Å²) in [6.45, 7) is 8.11. The molecular formula is C25H35Cl2N3O3.